The predicted octanol–water partition coefficient (Wildman–Crippen LogP) is 0.867. The van der Waals surface area contributed by atoms with Gasteiger partial charge in [-0.1, -0.05) is 6.07 Å². The molecule has 1 aromatic carbocycles. The zero-order valence-electron chi connectivity index (χ0n) is 12.2. The number of carbonyl (C=O) groups excluding carboxylic acids is 2. The second kappa shape index (κ2) is 6.69. The van der Waals surface area contributed by atoms with Crippen LogP contribution in [0.5, 0.6) is 0 Å². The molecular weight excluding hydrogens is 272 g/mol. The number of aliphatic hydroxyl groups is 1. The van der Waals surface area contributed by atoms with Crippen molar-refractivity contribution in [2.45, 2.75) is 26.1 Å². The van der Waals surface area contributed by atoms with Crippen molar-refractivity contribution in [1.29, 1.82) is 0 Å². The zero-order chi connectivity index (χ0) is 15.4. The van der Waals surface area contributed by atoms with Gasteiger partial charge < -0.3 is 20.1 Å². The first-order valence-corrected chi connectivity index (χ1v) is 6.93. The molecule has 0 bridgehead atoms. The van der Waals surface area contributed by atoms with E-state index in [9.17, 15) is 14.7 Å². The van der Waals surface area contributed by atoms with Crippen LogP contribution in [-0.4, -0.2) is 53.7 Å². The number of ether oxygens (including phenoxy) is 1. The molecule has 0 radical (unpaired) electrons. The molecule has 6 heteroatoms. The fourth-order valence-electron chi connectivity index (χ4n) is 2.43. The molecule has 1 saturated heterocycles. The van der Waals surface area contributed by atoms with E-state index in [0.29, 0.717) is 24.3 Å². The van der Waals surface area contributed by atoms with E-state index in [-0.39, 0.29) is 30.6 Å². The number of benzene rings is 1. The molecule has 0 saturated carbocycles. The third-order valence-corrected chi connectivity index (χ3v) is 3.25. The van der Waals surface area contributed by atoms with Gasteiger partial charge in [-0.05, 0) is 25.1 Å². The predicted molar refractivity (Wildman–Crippen MR) is 78.1 cm³/mol. The van der Waals surface area contributed by atoms with Gasteiger partial charge in [0.1, 0.15) is 0 Å². The van der Waals surface area contributed by atoms with Crippen molar-refractivity contribution in [2.24, 2.45) is 0 Å². The highest BCUT2D eigenvalue weighted by atomic mass is 16.5. The van der Waals surface area contributed by atoms with E-state index in [0.717, 1.165) is 0 Å². The Labute approximate surface area is 123 Å². The lowest BCUT2D eigenvalue weighted by Gasteiger charge is -2.36. The van der Waals surface area contributed by atoms with Crippen molar-refractivity contribution >= 4 is 17.5 Å². The summed E-state index contributed by atoms with van der Waals surface area (Å²) in [6.45, 7) is 4.03. The van der Waals surface area contributed by atoms with Crippen LogP contribution < -0.4 is 5.32 Å². The summed E-state index contributed by atoms with van der Waals surface area (Å²) in [4.78, 5) is 25.3. The maximum Gasteiger partial charge on any atom is 0.254 e. The normalized spacial score (nSPS) is 22.0. The van der Waals surface area contributed by atoms with E-state index in [1.54, 1.807) is 29.2 Å². The Morgan fingerprint density at radius 1 is 1.43 bits per heavy atom. The number of anilines is 1. The van der Waals surface area contributed by atoms with Gasteiger partial charge in [0.15, 0.2) is 0 Å². The van der Waals surface area contributed by atoms with Crippen LogP contribution in [0.1, 0.15) is 24.2 Å². The molecule has 6 nitrogen and oxygen atoms in total. The van der Waals surface area contributed by atoms with Crippen LogP contribution in [-0.2, 0) is 9.53 Å². The third-order valence-electron chi connectivity index (χ3n) is 3.25. The molecule has 0 aliphatic carbocycles. The largest absolute Gasteiger partial charge is 0.394 e. The maximum absolute atomic E-state index is 12.5. The Morgan fingerprint density at radius 3 is 2.86 bits per heavy atom. The number of hydrogen-bond acceptors (Lipinski definition) is 4. The first kappa shape index (κ1) is 15.5. The quantitative estimate of drug-likeness (QED) is 0.866. The summed E-state index contributed by atoms with van der Waals surface area (Å²) in [5.41, 5.74) is 1.10. The van der Waals surface area contributed by atoms with Gasteiger partial charge in [-0.3, -0.25) is 9.59 Å². The molecule has 2 amide bonds. The lowest BCUT2D eigenvalue weighted by molar-refractivity contribution is -0.114. The van der Waals surface area contributed by atoms with Crippen LogP contribution in [0, 0.1) is 0 Å². The average Bonchev–Trinajstić information content (AvgIpc) is 2.45. The first-order valence-electron chi connectivity index (χ1n) is 6.93. The summed E-state index contributed by atoms with van der Waals surface area (Å²) >= 11 is 0. The lowest BCUT2D eigenvalue weighted by atomic mass is 10.1. The van der Waals surface area contributed by atoms with Crippen molar-refractivity contribution in [3.05, 3.63) is 29.8 Å². The Kier molecular flexibility index (Phi) is 4.93. The highest BCUT2D eigenvalue weighted by Gasteiger charge is 2.28. The minimum Gasteiger partial charge on any atom is -0.394 e. The van der Waals surface area contributed by atoms with E-state index < -0.39 is 0 Å². The lowest BCUT2D eigenvalue weighted by Crippen LogP contribution is -2.50. The van der Waals surface area contributed by atoms with Gasteiger partial charge in [0.05, 0.1) is 18.8 Å². The summed E-state index contributed by atoms with van der Waals surface area (Å²) in [6.07, 6.45) is -0.463. The Hall–Kier alpha value is -1.92. The number of hydrogen-bond donors (Lipinski definition) is 2. The monoisotopic (exact) mass is 292 g/mol. The zero-order valence-corrected chi connectivity index (χ0v) is 12.2. The molecule has 1 aromatic rings. The Balaban J connectivity index is 2.13. The molecule has 1 aliphatic heterocycles. The van der Waals surface area contributed by atoms with Gasteiger partial charge in [-0.25, -0.2) is 0 Å². The molecule has 2 N–H and O–H groups in total. The SMILES string of the molecule is CC(=O)Nc1cccc(C(=O)N2CC(C)OC(CO)C2)c1. The van der Waals surface area contributed by atoms with Crippen LogP contribution in [0.3, 0.4) is 0 Å². The van der Waals surface area contributed by atoms with E-state index in [1.807, 2.05) is 6.92 Å². The van der Waals surface area contributed by atoms with E-state index in [2.05, 4.69) is 5.32 Å². The molecule has 21 heavy (non-hydrogen) atoms. The van der Waals surface area contributed by atoms with E-state index in [1.165, 1.54) is 6.92 Å². The Bertz CT molecular complexity index is 532. The summed E-state index contributed by atoms with van der Waals surface area (Å²) in [6, 6.07) is 6.82. The van der Waals surface area contributed by atoms with Crippen molar-refractivity contribution in [2.75, 3.05) is 25.0 Å². The molecule has 0 aromatic heterocycles. The number of amides is 2. The van der Waals surface area contributed by atoms with Gasteiger partial charge >= 0.3 is 0 Å². The number of morpholine rings is 1. The topological polar surface area (TPSA) is 78.9 Å². The van der Waals surface area contributed by atoms with Crippen molar-refractivity contribution in [3.8, 4) is 0 Å². The number of rotatable bonds is 3. The average molecular weight is 292 g/mol. The van der Waals surface area contributed by atoms with Gasteiger partial charge in [0.25, 0.3) is 5.91 Å². The van der Waals surface area contributed by atoms with Gasteiger partial charge in [0.2, 0.25) is 5.91 Å². The number of nitrogens with one attached hydrogen (secondary N) is 1. The minimum absolute atomic E-state index is 0.111. The summed E-state index contributed by atoms with van der Waals surface area (Å²) in [5, 5.41) is 11.9. The molecule has 114 valence electrons. The first-order chi connectivity index (χ1) is 9.99. The molecule has 1 aliphatic rings. The highest BCUT2D eigenvalue weighted by Crippen LogP contribution is 2.17. The molecule has 1 fully saturated rings. The fourth-order valence-corrected chi connectivity index (χ4v) is 2.43. The van der Waals surface area contributed by atoms with Crippen LogP contribution in [0.15, 0.2) is 24.3 Å². The van der Waals surface area contributed by atoms with Crippen molar-refractivity contribution in [1.82, 2.24) is 4.90 Å². The second-order valence-electron chi connectivity index (χ2n) is 5.22. The van der Waals surface area contributed by atoms with Crippen LogP contribution in [0.2, 0.25) is 0 Å². The fraction of sp³-hybridized carbons (Fsp3) is 0.467. The number of aliphatic hydroxyl groups excluding tert-OH is 1. The molecular formula is C15H20N2O4. The maximum atomic E-state index is 12.5. The molecule has 2 unspecified atom stereocenters. The van der Waals surface area contributed by atoms with Crippen molar-refractivity contribution < 1.29 is 19.4 Å². The Morgan fingerprint density at radius 2 is 2.19 bits per heavy atom. The standard InChI is InChI=1S/C15H20N2O4/c1-10-7-17(8-14(9-18)21-10)15(20)12-4-3-5-13(6-12)16-11(2)19/h3-6,10,14,18H,7-9H2,1-2H3,(H,16,19). The summed E-state index contributed by atoms with van der Waals surface area (Å²) < 4.78 is 5.53. The minimum atomic E-state index is -0.351. The van der Waals surface area contributed by atoms with Crippen LogP contribution >= 0.6 is 0 Å². The van der Waals surface area contributed by atoms with E-state index >= 15 is 0 Å². The van der Waals surface area contributed by atoms with Gasteiger partial charge in [-0.2, -0.15) is 0 Å². The second-order valence-corrected chi connectivity index (χ2v) is 5.22. The van der Waals surface area contributed by atoms with Crippen molar-refractivity contribution in [3.63, 3.8) is 0 Å². The number of nitrogens with zero attached hydrogens (tertiary/aromatic N) is 1. The highest BCUT2D eigenvalue weighted by molar-refractivity contribution is 5.96. The summed E-state index contributed by atoms with van der Waals surface area (Å²) in [7, 11) is 0. The van der Waals surface area contributed by atoms with Crippen LogP contribution in [0.25, 0.3) is 0 Å². The van der Waals surface area contributed by atoms with Crippen LogP contribution in [0.4, 0.5) is 5.69 Å². The molecule has 0 spiro atoms. The van der Waals surface area contributed by atoms with Gasteiger partial charge in [-0.15, -0.1) is 0 Å². The third kappa shape index (κ3) is 4.03. The molecule has 2 rings (SSSR count). The smallest absolute Gasteiger partial charge is 0.254 e. The molecule has 2 atom stereocenters. The van der Waals surface area contributed by atoms with E-state index in [4.69, 9.17) is 4.74 Å². The van der Waals surface area contributed by atoms with Gasteiger partial charge in [0, 0.05) is 31.3 Å². The summed E-state index contributed by atoms with van der Waals surface area (Å²) in [5.74, 6) is -0.309. The molecule has 1 heterocycles. The number of carbonyl (C=O) groups is 2.